The van der Waals surface area contributed by atoms with Crippen LogP contribution in [-0.2, 0) is 9.59 Å². The highest BCUT2D eigenvalue weighted by atomic mass is 16.4. The lowest BCUT2D eigenvalue weighted by Crippen LogP contribution is -2.30. The van der Waals surface area contributed by atoms with Crippen LogP contribution in [0.2, 0.25) is 0 Å². The van der Waals surface area contributed by atoms with Gasteiger partial charge in [-0.3, -0.25) is 9.59 Å². The van der Waals surface area contributed by atoms with E-state index < -0.39 is 11.9 Å². The fraction of sp³-hybridized carbons (Fsp3) is 0.636. The topological polar surface area (TPSA) is 66.4 Å². The van der Waals surface area contributed by atoms with Crippen molar-refractivity contribution in [1.29, 1.82) is 0 Å². The van der Waals surface area contributed by atoms with Gasteiger partial charge in [0.05, 0.1) is 0 Å². The number of rotatable bonds is 6. The van der Waals surface area contributed by atoms with E-state index in [1.165, 1.54) is 0 Å². The first-order valence-corrected chi connectivity index (χ1v) is 4.92. The molecule has 0 aliphatic carbocycles. The molecule has 0 saturated carbocycles. The summed E-state index contributed by atoms with van der Waals surface area (Å²) >= 11 is 0. The van der Waals surface area contributed by atoms with Gasteiger partial charge in [0.1, 0.15) is 0 Å². The van der Waals surface area contributed by atoms with Crippen LogP contribution in [0.3, 0.4) is 0 Å². The molecule has 0 saturated heterocycles. The molecule has 0 aliphatic rings. The molecule has 0 rings (SSSR count). The summed E-state index contributed by atoms with van der Waals surface area (Å²) < 4.78 is 0. The molecule has 15 heavy (non-hydrogen) atoms. The van der Waals surface area contributed by atoms with Crippen molar-refractivity contribution in [3.8, 4) is 12.3 Å². The summed E-state index contributed by atoms with van der Waals surface area (Å²) in [6.07, 6.45) is 5.70. The number of amides is 1. The first kappa shape index (κ1) is 13.5. The molecule has 4 heteroatoms. The van der Waals surface area contributed by atoms with E-state index in [-0.39, 0.29) is 12.3 Å². The van der Waals surface area contributed by atoms with Gasteiger partial charge in [-0.25, -0.2) is 0 Å². The minimum atomic E-state index is -0.851. The second-order valence-corrected chi connectivity index (χ2v) is 3.95. The van der Waals surface area contributed by atoms with Gasteiger partial charge in [0, 0.05) is 13.0 Å². The van der Waals surface area contributed by atoms with E-state index in [1.54, 1.807) is 0 Å². The van der Waals surface area contributed by atoms with Crippen molar-refractivity contribution in [2.24, 2.45) is 11.8 Å². The fourth-order valence-corrected chi connectivity index (χ4v) is 1.44. The summed E-state index contributed by atoms with van der Waals surface area (Å²) in [4.78, 5) is 21.3. The SMILES string of the molecule is C#CC(=O)NC[C@H](CC(=O)O)CC(C)C. The number of hydrogen-bond acceptors (Lipinski definition) is 2. The Morgan fingerprint density at radius 1 is 1.47 bits per heavy atom. The molecular formula is C11H17NO3. The average molecular weight is 211 g/mol. The van der Waals surface area contributed by atoms with Gasteiger partial charge < -0.3 is 10.4 Å². The molecule has 0 aliphatic heterocycles. The van der Waals surface area contributed by atoms with E-state index >= 15 is 0 Å². The number of carboxylic acid groups (broad SMARTS) is 1. The highest BCUT2D eigenvalue weighted by Crippen LogP contribution is 2.14. The Kier molecular flexibility index (Phi) is 6.19. The first-order chi connectivity index (χ1) is 6.95. The number of terminal acetylenes is 1. The molecule has 1 atom stereocenters. The predicted molar refractivity (Wildman–Crippen MR) is 57.0 cm³/mol. The zero-order chi connectivity index (χ0) is 11.8. The van der Waals surface area contributed by atoms with Gasteiger partial charge in [-0.2, -0.15) is 0 Å². The third-order valence-corrected chi connectivity index (χ3v) is 1.95. The molecule has 84 valence electrons. The summed E-state index contributed by atoms with van der Waals surface area (Å²) in [5.74, 6) is 0.931. The Hall–Kier alpha value is -1.50. The molecular weight excluding hydrogens is 194 g/mol. The molecule has 0 spiro atoms. The van der Waals surface area contributed by atoms with Gasteiger partial charge in [-0.15, -0.1) is 6.42 Å². The molecule has 0 aromatic rings. The standard InChI is InChI=1S/C11H17NO3/c1-4-10(13)12-7-9(5-8(2)3)6-11(14)15/h1,8-9H,5-7H2,2-3H3,(H,12,13)(H,14,15)/t9-/m0/s1. The van der Waals surface area contributed by atoms with E-state index in [4.69, 9.17) is 11.5 Å². The number of hydrogen-bond donors (Lipinski definition) is 2. The first-order valence-electron chi connectivity index (χ1n) is 4.92. The summed E-state index contributed by atoms with van der Waals surface area (Å²) in [5.41, 5.74) is 0. The van der Waals surface area contributed by atoms with E-state index in [9.17, 15) is 9.59 Å². The van der Waals surface area contributed by atoms with Crippen LogP contribution in [0.15, 0.2) is 0 Å². The third kappa shape index (κ3) is 7.56. The van der Waals surface area contributed by atoms with Crippen molar-refractivity contribution in [2.75, 3.05) is 6.54 Å². The second kappa shape index (κ2) is 6.88. The molecule has 2 N–H and O–H groups in total. The Labute approximate surface area is 90.1 Å². The highest BCUT2D eigenvalue weighted by molar-refractivity contribution is 5.92. The third-order valence-electron chi connectivity index (χ3n) is 1.95. The Balaban J connectivity index is 4.07. The second-order valence-electron chi connectivity index (χ2n) is 3.95. The summed E-state index contributed by atoms with van der Waals surface area (Å²) in [6.45, 7) is 4.35. The predicted octanol–water partition coefficient (Wildman–Crippen LogP) is 0.873. The van der Waals surface area contributed by atoms with Crippen LogP contribution >= 0.6 is 0 Å². The van der Waals surface area contributed by atoms with Gasteiger partial charge in [0.25, 0.3) is 5.91 Å². The van der Waals surface area contributed by atoms with Crippen LogP contribution in [0.1, 0.15) is 26.7 Å². The molecule has 0 fully saturated rings. The van der Waals surface area contributed by atoms with Gasteiger partial charge in [0.2, 0.25) is 0 Å². The van der Waals surface area contributed by atoms with Crippen molar-refractivity contribution in [2.45, 2.75) is 26.7 Å². The quantitative estimate of drug-likeness (QED) is 0.641. The normalized spacial score (nSPS) is 11.9. The zero-order valence-corrected chi connectivity index (χ0v) is 9.12. The molecule has 0 aromatic heterocycles. The van der Waals surface area contributed by atoms with E-state index in [0.717, 1.165) is 6.42 Å². The number of carbonyl (C=O) groups is 2. The number of carboxylic acids is 1. The van der Waals surface area contributed by atoms with Crippen molar-refractivity contribution in [3.63, 3.8) is 0 Å². The minimum Gasteiger partial charge on any atom is -0.481 e. The van der Waals surface area contributed by atoms with Crippen LogP contribution in [0, 0.1) is 24.2 Å². The number of aliphatic carboxylic acids is 1. The maximum absolute atomic E-state index is 10.8. The molecule has 4 nitrogen and oxygen atoms in total. The molecule has 0 unspecified atom stereocenters. The van der Waals surface area contributed by atoms with Crippen LogP contribution in [0.4, 0.5) is 0 Å². The van der Waals surface area contributed by atoms with Gasteiger partial charge in [-0.1, -0.05) is 13.8 Å². The lowest BCUT2D eigenvalue weighted by molar-refractivity contribution is -0.138. The molecule has 0 radical (unpaired) electrons. The number of carbonyl (C=O) groups excluding carboxylic acids is 1. The van der Waals surface area contributed by atoms with E-state index in [2.05, 4.69) is 5.32 Å². The van der Waals surface area contributed by atoms with Gasteiger partial charge in [-0.05, 0) is 24.2 Å². The lowest BCUT2D eigenvalue weighted by Gasteiger charge is -2.16. The summed E-state index contributed by atoms with van der Waals surface area (Å²) in [7, 11) is 0. The zero-order valence-electron chi connectivity index (χ0n) is 9.12. The van der Waals surface area contributed by atoms with Crippen LogP contribution in [-0.4, -0.2) is 23.5 Å². The van der Waals surface area contributed by atoms with E-state index in [1.807, 2.05) is 19.8 Å². The fourth-order valence-electron chi connectivity index (χ4n) is 1.44. The molecule has 0 heterocycles. The monoisotopic (exact) mass is 211 g/mol. The smallest absolute Gasteiger partial charge is 0.303 e. The Bertz CT molecular complexity index is 265. The summed E-state index contributed by atoms with van der Waals surface area (Å²) in [6, 6.07) is 0. The number of nitrogens with one attached hydrogen (secondary N) is 1. The van der Waals surface area contributed by atoms with Crippen molar-refractivity contribution in [3.05, 3.63) is 0 Å². The van der Waals surface area contributed by atoms with Crippen LogP contribution in [0.5, 0.6) is 0 Å². The van der Waals surface area contributed by atoms with Crippen LogP contribution in [0.25, 0.3) is 0 Å². The Morgan fingerprint density at radius 2 is 2.07 bits per heavy atom. The maximum Gasteiger partial charge on any atom is 0.303 e. The molecule has 0 aromatic carbocycles. The average Bonchev–Trinajstić information content (AvgIpc) is 2.11. The Morgan fingerprint density at radius 3 is 2.47 bits per heavy atom. The molecule has 1 amide bonds. The van der Waals surface area contributed by atoms with Gasteiger partial charge in [0.15, 0.2) is 0 Å². The minimum absolute atomic E-state index is 0.0557. The van der Waals surface area contributed by atoms with Crippen LogP contribution < -0.4 is 5.32 Å². The molecule has 0 bridgehead atoms. The van der Waals surface area contributed by atoms with Crippen molar-refractivity contribution < 1.29 is 14.7 Å². The van der Waals surface area contributed by atoms with Crippen molar-refractivity contribution >= 4 is 11.9 Å². The van der Waals surface area contributed by atoms with E-state index in [0.29, 0.717) is 12.5 Å². The summed E-state index contributed by atoms with van der Waals surface area (Å²) in [5, 5.41) is 11.2. The maximum atomic E-state index is 10.8. The highest BCUT2D eigenvalue weighted by Gasteiger charge is 2.15. The van der Waals surface area contributed by atoms with Gasteiger partial charge >= 0.3 is 5.97 Å². The van der Waals surface area contributed by atoms with Crippen molar-refractivity contribution in [1.82, 2.24) is 5.32 Å². The largest absolute Gasteiger partial charge is 0.481 e. The lowest BCUT2D eigenvalue weighted by atomic mass is 9.94.